The maximum absolute atomic E-state index is 13.7. The third kappa shape index (κ3) is 4.97. The summed E-state index contributed by atoms with van der Waals surface area (Å²) in [6.45, 7) is 3.06. The van der Waals surface area contributed by atoms with Crippen LogP contribution in [0.4, 0.5) is 26.3 Å². The van der Waals surface area contributed by atoms with Crippen molar-refractivity contribution in [3.05, 3.63) is 53.1 Å². The van der Waals surface area contributed by atoms with Crippen LogP contribution < -0.4 is 5.73 Å². The van der Waals surface area contributed by atoms with Gasteiger partial charge in [-0.05, 0) is 37.6 Å². The zero-order valence-electron chi connectivity index (χ0n) is 17.1. The van der Waals surface area contributed by atoms with Gasteiger partial charge in [0, 0.05) is 35.8 Å². The van der Waals surface area contributed by atoms with E-state index in [-0.39, 0.29) is 29.0 Å². The first-order valence-corrected chi connectivity index (χ1v) is 9.29. The molecule has 0 amide bonds. The maximum atomic E-state index is 13.7. The summed E-state index contributed by atoms with van der Waals surface area (Å²) in [6, 6.07) is 1.95. The largest absolute Gasteiger partial charge is 0.491 e. The van der Waals surface area contributed by atoms with Crippen LogP contribution in [0.3, 0.4) is 0 Å². The first-order valence-electron chi connectivity index (χ1n) is 9.29. The van der Waals surface area contributed by atoms with E-state index in [9.17, 15) is 35.9 Å². The van der Waals surface area contributed by atoms with E-state index in [0.717, 1.165) is 6.07 Å². The molecule has 0 saturated heterocycles. The highest BCUT2D eigenvalue weighted by Gasteiger charge is 2.43. The average Bonchev–Trinajstić information content (AvgIpc) is 3.18. The summed E-state index contributed by atoms with van der Waals surface area (Å²) < 4.78 is 82.8. The fourth-order valence-corrected chi connectivity index (χ4v) is 3.08. The summed E-state index contributed by atoms with van der Waals surface area (Å²) in [5, 5.41) is 0. The van der Waals surface area contributed by atoms with E-state index in [4.69, 9.17) is 5.73 Å². The normalized spacial score (nSPS) is 13.2. The summed E-state index contributed by atoms with van der Waals surface area (Å²) in [5.41, 5.74) is 5.32. The Morgan fingerprint density at radius 3 is 2.42 bits per heavy atom. The van der Waals surface area contributed by atoms with Gasteiger partial charge < -0.3 is 14.9 Å². The number of alkyl halides is 6. The molecular weight excluding hydrogens is 458 g/mol. The van der Waals surface area contributed by atoms with Gasteiger partial charge in [-0.15, -0.1) is 0 Å². The Labute approximate surface area is 182 Å². The highest BCUT2D eigenvalue weighted by atomic mass is 19.4. The van der Waals surface area contributed by atoms with Crippen molar-refractivity contribution in [2.45, 2.75) is 38.7 Å². The molecule has 0 radical (unpaired) electrons. The van der Waals surface area contributed by atoms with E-state index >= 15 is 0 Å². The molecule has 0 aliphatic carbocycles. The van der Waals surface area contributed by atoms with E-state index in [0.29, 0.717) is 11.3 Å². The second-order valence-corrected chi connectivity index (χ2v) is 7.16. The molecule has 3 aromatic heterocycles. The number of ether oxygens (including phenoxy) is 1. The zero-order chi connectivity index (χ0) is 24.7. The van der Waals surface area contributed by atoms with E-state index < -0.39 is 35.9 Å². The molecule has 7 nitrogen and oxygen atoms in total. The Balaban J connectivity index is 1.99. The highest BCUT2D eigenvalue weighted by Crippen LogP contribution is 2.38. The van der Waals surface area contributed by atoms with Gasteiger partial charge in [0.2, 0.25) is 0 Å². The Hall–Kier alpha value is -3.48. The van der Waals surface area contributed by atoms with Gasteiger partial charge in [-0.3, -0.25) is 4.98 Å². The number of carbonyl (C=O) groups is 2. The summed E-state index contributed by atoms with van der Waals surface area (Å²) in [7, 11) is 0. The molecule has 2 N–H and O–H groups in total. The van der Waals surface area contributed by atoms with E-state index in [1.54, 1.807) is 6.92 Å². The van der Waals surface area contributed by atoms with Crippen LogP contribution in [0.2, 0.25) is 0 Å². The van der Waals surface area contributed by atoms with Crippen molar-refractivity contribution in [2.75, 3.05) is 0 Å². The average molecular weight is 474 g/mol. The Kier molecular flexibility index (Phi) is 6.20. The van der Waals surface area contributed by atoms with Crippen LogP contribution in [0.1, 0.15) is 22.5 Å². The maximum Gasteiger partial charge on any atom is 0.491 e. The number of carbonyl (C=O) groups excluding carboxylic acids is 2. The number of aromatic nitrogens is 3. The van der Waals surface area contributed by atoms with Crippen LogP contribution in [-0.2, 0) is 26.9 Å². The van der Waals surface area contributed by atoms with Crippen molar-refractivity contribution in [1.82, 2.24) is 14.4 Å². The number of hydrogen-bond acceptors (Lipinski definition) is 6. The van der Waals surface area contributed by atoms with E-state index in [1.165, 1.54) is 35.9 Å². The second-order valence-electron chi connectivity index (χ2n) is 7.16. The molecular formula is C20H16F6N4O3. The van der Waals surface area contributed by atoms with Crippen molar-refractivity contribution in [1.29, 1.82) is 0 Å². The molecule has 0 bridgehead atoms. The third-order valence-electron chi connectivity index (χ3n) is 4.82. The van der Waals surface area contributed by atoms with Gasteiger partial charge in [0.25, 0.3) is 0 Å². The minimum Gasteiger partial charge on any atom is -0.385 e. The minimum atomic E-state index is -5.37. The molecule has 0 aliphatic heterocycles. The van der Waals surface area contributed by atoms with E-state index in [2.05, 4.69) is 14.7 Å². The fraction of sp³-hybridized carbons (Fsp3) is 0.300. The number of halogens is 6. The first kappa shape index (κ1) is 24.2. The van der Waals surface area contributed by atoms with Gasteiger partial charge in [-0.25, -0.2) is 14.6 Å². The monoisotopic (exact) mass is 474 g/mol. The van der Waals surface area contributed by atoms with Crippen molar-refractivity contribution in [2.24, 2.45) is 5.73 Å². The quantitative estimate of drug-likeness (QED) is 0.353. The molecule has 0 spiro atoms. The lowest BCUT2D eigenvalue weighted by atomic mass is 10.0. The predicted molar refractivity (Wildman–Crippen MR) is 102 cm³/mol. The van der Waals surface area contributed by atoms with Crippen LogP contribution in [0.5, 0.6) is 0 Å². The smallest absolute Gasteiger partial charge is 0.385 e. The highest BCUT2D eigenvalue weighted by molar-refractivity contribution is 5.91. The summed E-state index contributed by atoms with van der Waals surface area (Å²) >= 11 is 0. The number of nitrogens with two attached hydrogens (primary N) is 1. The molecule has 0 unspecified atom stereocenters. The molecule has 33 heavy (non-hydrogen) atoms. The predicted octanol–water partition coefficient (Wildman–Crippen LogP) is 3.53. The van der Waals surface area contributed by atoms with Crippen LogP contribution in [0.15, 0.2) is 30.6 Å². The molecule has 0 aliphatic rings. The summed E-state index contributed by atoms with van der Waals surface area (Å²) in [5.74, 6) is -4.31. The number of pyridine rings is 2. The molecule has 0 saturated carbocycles. The molecule has 1 atom stereocenters. The number of hydrogen-bond donors (Lipinski definition) is 1. The van der Waals surface area contributed by atoms with Crippen LogP contribution >= 0.6 is 0 Å². The number of aryl methyl sites for hydroxylation is 2. The van der Waals surface area contributed by atoms with Crippen LogP contribution in [-0.4, -0.2) is 38.5 Å². The van der Waals surface area contributed by atoms with Crippen LogP contribution in [0.25, 0.3) is 16.9 Å². The number of esters is 2. The number of nitrogens with zero attached hydrogens (tertiary/aromatic N) is 3. The summed E-state index contributed by atoms with van der Waals surface area (Å²) in [4.78, 5) is 30.8. The standard InChI is InChI=1S/C20H16F6N4O3/c1-9-7-13(19(21,22)23)15(29-10(9)2)12-4-3-11(30-6-5-28-16(12)30)8-14(27)17(31)33-18(32)20(24,25)26/h3-7,14H,8,27H2,1-2H3/t14-/m0/s1. The van der Waals surface area contributed by atoms with Crippen molar-refractivity contribution < 1.29 is 40.7 Å². The van der Waals surface area contributed by atoms with Gasteiger partial charge in [0.1, 0.15) is 11.7 Å². The Morgan fingerprint density at radius 1 is 1.15 bits per heavy atom. The molecule has 3 rings (SSSR count). The van der Waals surface area contributed by atoms with Crippen molar-refractivity contribution in [3.8, 4) is 11.3 Å². The van der Waals surface area contributed by atoms with Crippen molar-refractivity contribution >= 4 is 17.6 Å². The van der Waals surface area contributed by atoms with Gasteiger partial charge in [-0.2, -0.15) is 26.3 Å². The third-order valence-corrected chi connectivity index (χ3v) is 4.82. The Bertz CT molecular complexity index is 1230. The molecule has 13 heteroatoms. The van der Waals surface area contributed by atoms with Gasteiger partial charge in [-0.1, -0.05) is 0 Å². The zero-order valence-corrected chi connectivity index (χ0v) is 17.1. The second kappa shape index (κ2) is 8.46. The molecule has 3 heterocycles. The topological polar surface area (TPSA) is 99.6 Å². The lowest BCUT2D eigenvalue weighted by Crippen LogP contribution is -2.39. The number of imidazole rings is 1. The lowest BCUT2D eigenvalue weighted by Gasteiger charge is -2.17. The molecule has 0 fully saturated rings. The number of fused-ring (bicyclic) bond motifs is 1. The van der Waals surface area contributed by atoms with Gasteiger partial charge in [0.05, 0.1) is 11.3 Å². The van der Waals surface area contributed by atoms with Crippen molar-refractivity contribution in [3.63, 3.8) is 0 Å². The SMILES string of the molecule is Cc1cc(C(F)(F)F)c(-c2ccc(C[C@H](N)C(=O)OC(=O)C(F)(F)F)n3ccnc23)nc1C. The molecule has 0 aromatic carbocycles. The molecule has 176 valence electrons. The van der Waals surface area contributed by atoms with Crippen LogP contribution in [0, 0.1) is 13.8 Å². The number of rotatable bonds is 4. The van der Waals surface area contributed by atoms with Gasteiger partial charge >= 0.3 is 24.3 Å². The lowest BCUT2D eigenvalue weighted by molar-refractivity contribution is -0.202. The molecule has 3 aromatic rings. The van der Waals surface area contributed by atoms with Gasteiger partial charge in [0.15, 0.2) is 0 Å². The van der Waals surface area contributed by atoms with E-state index in [1.807, 2.05) is 0 Å². The fourth-order valence-electron chi connectivity index (χ4n) is 3.08. The summed E-state index contributed by atoms with van der Waals surface area (Å²) in [6.07, 6.45) is -7.79. The Morgan fingerprint density at radius 2 is 1.82 bits per heavy atom. The minimum absolute atomic E-state index is 0.0440. The first-order chi connectivity index (χ1) is 15.2.